The van der Waals surface area contributed by atoms with E-state index >= 15 is 0 Å². The molecular weight excluding hydrogens is 477 g/mol. The van der Waals surface area contributed by atoms with Crippen LogP contribution in [0.25, 0.3) is 16.9 Å². The van der Waals surface area contributed by atoms with Gasteiger partial charge in [0.1, 0.15) is 11.5 Å². The molecule has 2 N–H and O–H groups in total. The highest BCUT2D eigenvalue weighted by Crippen LogP contribution is 2.26. The number of aliphatic imine (C=N–C) groups is 2. The van der Waals surface area contributed by atoms with Crippen LogP contribution in [-0.4, -0.2) is 39.8 Å². The largest absolute Gasteiger partial charge is 0.400 e. The van der Waals surface area contributed by atoms with Gasteiger partial charge in [-0.15, -0.1) is 0 Å². The number of hydrogen-bond acceptors (Lipinski definition) is 3. The first kappa shape index (κ1) is 34.4. The van der Waals surface area contributed by atoms with Crippen molar-refractivity contribution in [1.82, 2.24) is 14.7 Å². The Morgan fingerprint density at radius 1 is 1.05 bits per heavy atom. The lowest BCUT2D eigenvalue weighted by molar-refractivity contribution is 0.399. The van der Waals surface area contributed by atoms with Crippen LogP contribution >= 0.6 is 0 Å². The van der Waals surface area contributed by atoms with E-state index in [4.69, 9.17) is 15.1 Å². The minimum Gasteiger partial charge on any atom is -0.400 e. The molecule has 0 unspecified atom stereocenters. The fourth-order valence-electron chi connectivity index (χ4n) is 3.42. The molecule has 0 bridgehead atoms. The van der Waals surface area contributed by atoms with Crippen molar-refractivity contribution in [2.24, 2.45) is 9.98 Å². The Balaban J connectivity index is 0.00000213. The lowest BCUT2D eigenvalue weighted by Gasteiger charge is -2.08. The molecule has 0 aliphatic carbocycles. The number of imidazole rings is 1. The van der Waals surface area contributed by atoms with Gasteiger partial charge in [-0.3, -0.25) is 9.39 Å². The monoisotopic (exact) mass is 523 g/mol. The summed E-state index contributed by atoms with van der Waals surface area (Å²) in [6.45, 7) is 20.7. The highest BCUT2D eigenvalue weighted by molar-refractivity contribution is 6.15. The number of fused-ring (bicyclic) bond motifs is 1. The average Bonchev–Trinajstić information content (AvgIpc) is 3.36. The number of hydrogen-bond donors (Lipinski definition) is 2. The number of rotatable bonds is 9. The van der Waals surface area contributed by atoms with Crippen LogP contribution in [0, 0.1) is 5.82 Å². The molecule has 3 rings (SSSR count). The molecule has 7 heteroatoms. The van der Waals surface area contributed by atoms with Crippen LogP contribution in [0.15, 0.2) is 78.0 Å². The van der Waals surface area contributed by atoms with Crippen molar-refractivity contribution in [3.8, 4) is 11.3 Å². The minimum atomic E-state index is -0.290. The SMILES string of the molecule is C=CNC(=NCCCCC)/N=C(\C=C)c1c(-c2ccc(F)cc2)nc2cc(CC)ccn12.CC.CC.CO. The first-order valence-electron chi connectivity index (χ1n) is 13.5. The van der Waals surface area contributed by atoms with Crippen LogP contribution in [0.5, 0.6) is 0 Å². The molecule has 0 saturated heterocycles. The number of aliphatic hydroxyl groups excluding tert-OH is 1. The fraction of sp³-hybridized carbons (Fsp3) is 0.387. The van der Waals surface area contributed by atoms with Crippen molar-refractivity contribution in [3.63, 3.8) is 0 Å². The van der Waals surface area contributed by atoms with Gasteiger partial charge in [0, 0.05) is 25.4 Å². The summed E-state index contributed by atoms with van der Waals surface area (Å²) in [5.74, 6) is 0.179. The van der Waals surface area contributed by atoms with Crippen LogP contribution in [0.3, 0.4) is 0 Å². The Labute approximate surface area is 228 Å². The summed E-state index contributed by atoms with van der Waals surface area (Å²) in [5.41, 5.74) is 4.88. The summed E-state index contributed by atoms with van der Waals surface area (Å²) in [6, 6.07) is 10.4. The van der Waals surface area contributed by atoms with Crippen LogP contribution in [0.1, 0.15) is 72.1 Å². The van der Waals surface area contributed by atoms with Gasteiger partial charge in [0.05, 0.1) is 17.1 Å². The number of halogens is 1. The van der Waals surface area contributed by atoms with Gasteiger partial charge in [-0.05, 0) is 67.1 Å². The number of aryl methyl sites for hydroxylation is 1. The molecule has 0 radical (unpaired) electrons. The summed E-state index contributed by atoms with van der Waals surface area (Å²) < 4.78 is 15.5. The van der Waals surface area contributed by atoms with E-state index in [1.165, 1.54) is 17.7 Å². The maximum Gasteiger partial charge on any atom is 0.222 e. The summed E-state index contributed by atoms with van der Waals surface area (Å²) in [5, 5.41) is 10.0. The molecule has 0 fully saturated rings. The van der Waals surface area contributed by atoms with Crippen molar-refractivity contribution >= 4 is 17.3 Å². The third-order valence-corrected chi connectivity index (χ3v) is 5.13. The number of nitrogens with one attached hydrogen (secondary N) is 1. The van der Waals surface area contributed by atoms with Gasteiger partial charge in [-0.25, -0.2) is 14.4 Å². The summed E-state index contributed by atoms with van der Waals surface area (Å²) in [7, 11) is 1.00. The third kappa shape index (κ3) is 10.1. The molecule has 0 saturated carbocycles. The quantitative estimate of drug-likeness (QED) is 0.172. The molecule has 0 spiro atoms. The molecule has 1 aromatic carbocycles. The lowest BCUT2D eigenvalue weighted by atomic mass is 10.1. The van der Waals surface area contributed by atoms with E-state index in [0.29, 0.717) is 23.9 Å². The maximum absolute atomic E-state index is 13.6. The summed E-state index contributed by atoms with van der Waals surface area (Å²) in [6.07, 6.45) is 9.39. The number of pyridine rings is 1. The lowest BCUT2D eigenvalue weighted by Crippen LogP contribution is -2.18. The van der Waals surface area contributed by atoms with Gasteiger partial charge in [0.25, 0.3) is 0 Å². The van der Waals surface area contributed by atoms with Crippen molar-refractivity contribution in [2.75, 3.05) is 13.7 Å². The first-order chi connectivity index (χ1) is 18.6. The van der Waals surface area contributed by atoms with Crippen molar-refractivity contribution in [1.29, 1.82) is 0 Å². The zero-order valence-corrected chi connectivity index (χ0v) is 24.3. The predicted octanol–water partition coefficient (Wildman–Crippen LogP) is 7.62. The molecule has 6 nitrogen and oxygen atoms in total. The Morgan fingerprint density at radius 2 is 1.71 bits per heavy atom. The van der Waals surface area contributed by atoms with Crippen LogP contribution in [0.4, 0.5) is 4.39 Å². The van der Waals surface area contributed by atoms with E-state index in [-0.39, 0.29) is 5.82 Å². The molecule has 38 heavy (non-hydrogen) atoms. The standard InChI is InChI=1S/C26H30FN5.2C2H6.CH4O/c1-5-9-10-16-29-26(28-8-4)30-22(7-3)25-24(20-11-13-21(27)14-12-20)31-23-18-19(6-2)15-17-32(23)25;3*1-2/h7-8,11-15,17-18H,3-6,9-10,16H2,1-2H3,(H,28,29);2*1-2H3;2H,1H3/b30-22+;;;. The molecule has 0 aliphatic heterocycles. The second-order valence-electron chi connectivity index (χ2n) is 7.39. The Morgan fingerprint density at radius 3 is 2.26 bits per heavy atom. The molecule has 2 heterocycles. The molecule has 2 aromatic heterocycles. The summed E-state index contributed by atoms with van der Waals surface area (Å²) >= 11 is 0. The number of allylic oxidation sites excluding steroid dienone is 1. The van der Waals surface area contributed by atoms with E-state index in [1.54, 1.807) is 24.4 Å². The minimum absolute atomic E-state index is 0.290. The third-order valence-electron chi connectivity index (χ3n) is 5.13. The van der Waals surface area contributed by atoms with Crippen LogP contribution in [-0.2, 0) is 6.42 Å². The van der Waals surface area contributed by atoms with E-state index in [0.717, 1.165) is 49.7 Å². The van der Waals surface area contributed by atoms with Crippen molar-refractivity contribution in [2.45, 2.75) is 67.2 Å². The number of unbranched alkanes of at least 4 members (excludes halogenated alkanes) is 2. The molecule has 0 aliphatic rings. The second kappa shape index (κ2) is 20.5. The van der Waals surface area contributed by atoms with Gasteiger partial charge >= 0.3 is 0 Å². The molecule has 0 amide bonds. The Bertz CT molecular complexity index is 1150. The highest BCUT2D eigenvalue weighted by Gasteiger charge is 2.18. The van der Waals surface area contributed by atoms with E-state index in [1.807, 2.05) is 38.3 Å². The number of aliphatic hydroxyl groups is 1. The number of aromatic nitrogens is 2. The average molecular weight is 524 g/mol. The Hall–Kier alpha value is -3.58. The topological polar surface area (TPSA) is 74.3 Å². The predicted molar refractivity (Wildman–Crippen MR) is 163 cm³/mol. The smallest absolute Gasteiger partial charge is 0.222 e. The molecule has 0 atom stereocenters. The number of nitrogens with zero attached hydrogens (tertiary/aromatic N) is 4. The van der Waals surface area contributed by atoms with Crippen molar-refractivity contribution < 1.29 is 9.50 Å². The molecular formula is C31H46FN5O. The highest BCUT2D eigenvalue weighted by atomic mass is 19.1. The maximum atomic E-state index is 13.6. The number of benzene rings is 1. The molecule has 3 aromatic rings. The number of guanidine groups is 1. The molecule has 208 valence electrons. The van der Waals surface area contributed by atoms with Gasteiger partial charge in [0.2, 0.25) is 5.96 Å². The van der Waals surface area contributed by atoms with Crippen molar-refractivity contribution in [3.05, 3.63) is 85.1 Å². The van der Waals surface area contributed by atoms with E-state index in [9.17, 15) is 4.39 Å². The zero-order valence-electron chi connectivity index (χ0n) is 24.3. The summed E-state index contributed by atoms with van der Waals surface area (Å²) in [4.78, 5) is 14.2. The Kier molecular flexibility index (Phi) is 18.5. The van der Waals surface area contributed by atoms with Crippen LogP contribution in [0.2, 0.25) is 0 Å². The normalized spacial score (nSPS) is 10.8. The van der Waals surface area contributed by atoms with Crippen LogP contribution < -0.4 is 5.32 Å². The second-order valence-corrected chi connectivity index (χ2v) is 7.39. The van der Waals surface area contributed by atoms with E-state index in [2.05, 4.69) is 49.4 Å². The van der Waals surface area contributed by atoms with Gasteiger partial charge in [-0.1, -0.05) is 67.5 Å². The van der Waals surface area contributed by atoms with Gasteiger partial charge in [-0.2, -0.15) is 0 Å². The van der Waals surface area contributed by atoms with E-state index < -0.39 is 0 Å². The van der Waals surface area contributed by atoms with Gasteiger partial charge < -0.3 is 10.4 Å². The zero-order chi connectivity index (χ0) is 28.9. The van der Waals surface area contributed by atoms with Gasteiger partial charge in [0.15, 0.2) is 0 Å². The fourth-order valence-corrected chi connectivity index (χ4v) is 3.42. The first-order valence-corrected chi connectivity index (χ1v) is 13.5.